The van der Waals surface area contributed by atoms with Crippen molar-refractivity contribution < 1.29 is 5.11 Å². The zero-order chi connectivity index (χ0) is 24.3. The van der Waals surface area contributed by atoms with Crippen LogP contribution in [-0.2, 0) is 13.0 Å². The normalized spacial score (nSPS) is 15.8. The van der Waals surface area contributed by atoms with E-state index in [-0.39, 0.29) is 0 Å². The lowest BCUT2D eigenvalue weighted by Crippen LogP contribution is -2.36. The van der Waals surface area contributed by atoms with Crippen molar-refractivity contribution in [3.8, 4) is 0 Å². The molecule has 1 fully saturated rings. The van der Waals surface area contributed by atoms with E-state index < -0.39 is 6.23 Å². The Labute approximate surface area is 202 Å². The minimum Gasteiger partial charge on any atom is -0.374 e. The third-order valence-corrected chi connectivity index (χ3v) is 5.88. The molecule has 0 radical (unpaired) electrons. The molecule has 34 heavy (non-hydrogen) atoms. The van der Waals surface area contributed by atoms with Crippen LogP contribution in [0.1, 0.15) is 54.2 Å². The molecule has 1 aliphatic heterocycles. The molecule has 1 aliphatic rings. The van der Waals surface area contributed by atoms with Crippen LogP contribution < -0.4 is 5.32 Å². The van der Waals surface area contributed by atoms with Gasteiger partial charge < -0.3 is 10.0 Å². The van der Waals surface area contributed by atoms with Crippen molar-refractivity contribution >= 4 is 12.3 Å². The second-order valence-corrected chi connectivity index (χ2v) is 8.32. The fourth-order valence-electron chi connectivity index (χ4n) is 3.78. The molecular formula is C27H36N6O. The van der Waals surface area contributed by atoms with Crippen LogP contribution in [0.4, 0.5) is 0 Å². The highest BCUT2D eigenvalue weighted by Crippen LogP contribution is 2.17. The van der Waals surface area contributed by atoms with Crippen LogP contribution in [0.2, 0.25) is 0 Å². The van der Waals surface area contributed by atoms with Gasteiger partial charge in [0.2, 0.25) is 0 Å². The molecule has 7 heteroatoms. The Hall–Kier alpha value is -3.29. The highest BCUT2D eigenvalue weighted by Gasteiger charge is 2.15. The lowest BCUT2D eigenvalue weighted by Gasteiger charge is -2.33. The molecular weight excluding hydrogens is 424 g/mol. The zero-order valence-corrected chi connectivity index (χ0v) is 20.5. The summed E-state index contributed by atoms with van der Waals surface area (Å²) < 4.78 is 0. The molecule has 3 rings (SSSR count). The summed E-state index contributed by atoms with van der Waals surface area (Å²) in [4.78, 5) is 11.0. The number of aliphatic hydroxyl groups excluding tert-OH is 1. The monoisotopic (exact) mass is 460 g/mol. The summed E-state index contributed by atoms with van der Waals surface area (Å²) in [6.07, 6.45) is 16.0. The van der Waals surface area contributed by atoms with Crippen molar-refractivity contribution in [3.63, 3.8) is 0 Å². The number of aromatic amines is 1. The number of likely N-dealkylation sites (tertiary alicyclic amines) is 1. The van der Waals surface area contributed by atoms with Crippen LogP contribution in [-0.4, -0.2) is 51.5 Å². The molecule has 0 saturated carbocycles. The van der Waals surface area contributed by atoms with E-state index in [2.05, 4.69) is 68.2 Å². The Morgan fingerprint density at radius 1 is 1.41 bits per heavy atom. The van der Waals surface area contributed by atoms with Gasteiger partial charge in [0.05, 0.1) is 17.1 Å². The van der Waals surface area contributed by atoms with Gasteiger partial charge >= 0.3 is 0 Å². The predicted molar refractivity (Wildman–Crippen MR) is 139 cm³/mol. The lowest BCUT2D eigenvalue weighted by atomic mass is 10.1. The number of aliphatic hydroxyl groups is 1. The van der Waals surface area contributed by atoms with E-state index >= 15 is 0 Å². The number of aromatic nitrogens is 3. The summed E-state index contributed by atoms with van der Waals surface area (Å²) >= 11 is 0. The molecule has 3 N–H and O–H groups in total. The largest absolute Gasteiger partial charge is 0.374 e. The van der Waals surface area contributed by atoms with Crippen molar-refractivity contribution in [2.45, 2.75) is 45.9 Å². The zero-order valence-electron chi connectivity index (χ0n) is 20.5. The topological polar surface area (TPSA) is 89.4 Å². The number of pyridine rings is 1. The molecule has 0 bridgehead atoms. The molecule has 0 aliphatic carbocycles. The minimum atomic E-state index is -0.805. The van der Waals surface area contributed by atoms with Gasteiger partial charge in [-0.1, -0.05) is 31.7 Å². The maximum atomic E-state index is 10.7. The quantitative estimate of drug-likeness (QED) is 0.250. The van der Waals surface area contributed by atoms with Crippen LogP contribution >= 0.6 is 0 Å². The van der Waals surface area contributed by atoms with Gasteiger partial charge in [0, 0.05) is 51.2 Å². The van der Waals surface area contributed by atoms with Gasteiger partial charge in [0.25, 0.3) is 0 Å². The first-order valence-electron chi connectivity index (χ1n) is 11.8. The van der Waals surface area contributed by atoms with Gasteiger partial charge in [0.1, 0.15) is 6.23 Å². The number of allylic oxidation sites excluding steroid dienone is 6. The van der Waals surface area contributed by atoms with Crippen molar-refractivity contribution in [3.05, 3.63) is 88.7 Å². The average molecular weight is 461 g/mol. The van der Waals surface area contributed by atoms with Crippen molar-refractivity contribution in [1.82, 2.24) is 25.4 Å². The van der Waals surface area contributed by atoms with Gasteiger partial charge in [-0.05, 0) is 60.8 Å². The van der Waals surface area contributed by atoms with E-state index in [1.54, 1.807) is 19.3 Å². The number of rotatable bonds is 12. The third-order valence-electron chi connectivity index (χ3n) is 5.88. The second-order valence-electron chi connectivity index (χ2n) is 8.32. The first kappa shape index (κ1) is 25.3. The fraction of sp³-hybridized carbons (Fsp3) is 0.370. The molecule has 1 saturated heterocycles. The number of nitrogens with zero attached hydrogens (tertiary/aromatic N) is 4. The van der Waals surface area contributed by atoms with E-state index in [1.807, 2.05) is 25.3 Å². The second kappa shape index (κ2) is 12.8. The van der Waals surface area contributed by atoms with Crippen LogP contribution in [0.25, 0.3) is 6.08 Å². The van der Waals surface area contributed by atoms with Gasteiger partial charge in [-0.25, -0.2) is 0 Å². The SMILES string of the molecule is C=Cc1n[nH]c(CNC(O)c2ccnc(CC(=C/CC)/C=C/C=C(\C=NC)N3CCC3)c2)c1C. The number of aliphatic imine (C=N–C) groups is 1. The van der Waals surface area contributed by atoms with Crippen LogP contribution in [0.15, 0.2) is 65.5 Å². The van der Waals surface area contributed by atoms with Crippen molar-refractivity contribution in [2.75, 3.05) is 20.1 Å². The number of H-pyrrole nitrogens is 1. The molecule has 7 nitrogen and oxygen atoms in total. The summed E-state index contributed by atoms with van der Waals surface area (Å²) in [5.41, 5.74) is 6.81. The van der Waals surface area contributed by atoms with E-state index in [0.717, 1.165) is 53.4 Å². The van der Waals surface area contributed by atoms with Gasteiger partial charge in [0.15, 0.2) is 0 Å². The third kappa shape index (κ3) is 6.85. The Balaban J connectivity index is 1.64. The summed E-state index contributed by atoms with van der Waals surface area (Å²) in [6.45, 7) is 10.5. The Morgan fingerprint density at radius 3 is 2.88 bits per heavy atom. The molecule has 1 atom stereocenters. The molecule has 2 aromatic heterocycles. The first-order chi connectivity index (χ1) is 16.5. The van der Waals surface area contributed by atoms with Crippen LogP contribution in [0, 0.1) is 6.92 Å². The molecule has 3 heterocycles. The van der Waals surface area contributed by atoms with E-state index in [4.69, 9.17) is 0 Å². The maximum Gasteiger partial charge on any atom is 0.131 e. The minimum absolute atomic E-state index is 0.474. The standard InChI is InChI=1S/C27H36N6O/c1-5-9-21(10-7-11-24(18-28-4)33-14-8-15-33)16-23-17-22(12-13-29-23)27(34)30-19-26-20(3)25(6-2)31-32-26/h6-7,9-13,17-18,27,30,34H,2,5,8,14-16,19H2,1,3-4H3,(H,31,32)/b10-7+,21-9+,24-11+,28-18?. The van der Waals surface area contributed by atoms with E-state index in [1.165, 1.54) is 12.0 Å². The molecule has 0 amide bonds. The Bertz CT molecular complexity index is 1070. The number of hydrogen-bond donors (Lipinski definition) is 3. The van der Waals surface area contributed by atoms with E-state index in [0.29, 0.717) is 13.0 Å². The summed E-state index contributed by atoms with van der Waals surface area (Å²) in [7, 11) is 1.80. The molecule has 2 aromatic rings. The molecule has 0 aromatic carbocycles. The molecule has 0 spiro atoms. The lowest BCUT2D eigenvalue weighted by molar-refractivity contribution is 0.136. The van der Waals surface area contributed by atoms with Crippen LogP contribution in [0.5, 0.6) is 0 Å². The van der Waals surface area contributed by atoms with Crippen molar-refractivity contribution in [2.24, 2.45) is 4.99 Å². The van der Waals surface area contributed by atoms with Gasteiger partial charge in [-0.2, -0.15) is 5.10 Å². The molecule has 1 unspecified atom stereocenters. The Kier molecular flexibility index (Phi) is 9.55. The summed E-state index contributed by atoms with van der Waals surface area (Å²) in [6, 6.07) is 3.79. The number of nitrogens with one attached hydrogen (secondary N) is 2. The molecule has 180 valence electrons. The van der Waals surface area contributed by atoms with Gasteiger partial charge in [-0.3, -0.25) is 20.4 Å². The maximum absolute atomic E-state index is 10.7. The first-order valence-corrected chi connectivity index (χ1v) is 11.8. The summed E-state index contributed by atoms with van der Waals surface area (Å²) in [5.74, 6) is 0. The van der Waals surface area contributed by atoms with Crippen LogP contribution in [0.3, 0.4) is 0 Å². The fourth-order valence-corrected chi connectivity index (χ4v) is 3.78. The van der Waals surface area contributed by atoms with Gasteiger partial charge in [-0.15, -0.1) is 0 Å². The highest BCUT2D eigenvalue weighted by molar-refractivity contribution is 5.78. The van der Waals surface area contributed by atoms with Crippen molar-refractivity contribution in [1.29, 1.82) is 0 Å². The highest BCUT2D eigenvalue weighted by atomic mass is 16.3. The Morgan fingerprint density at radius 2 is 2.24 bits per heavy atom. The average Bonchev–Trinajstić information content (AvgIpc) is 3.16. The predicted octanol–water partition coefficient (Wildman–Crippen LogP) is 4.26. The summed E-state index contributed by atoms with van der Waals surface area (Å²) in [5, 5.41) is 21.0. The van der Waals surface area contributed by atoms with E-state index in [9.17, 15) is 5.11 Å². The smallest absolute Gasteiger partial charge is 0.131 e. The number of hydrogen-bond acceptors (Lipinski definition) is 6.